The molecule has 1 saturated carbocycles. The zero-order valence-corrected chi connectivity index (χ0v) is 9.71. The lowest BCUT2D eigenvalue weighted by Crippen LogP contribution is -2.26. The van der Waals surface area contributed by atoms with Crippen LogP contribution in [0.2, 0.25) is 0 Å². The van der Waals surface area contributed by atoms with Crippen LogP contribution in [0.15, 0.2) is 24.7 Å². The highest BCUT2D eigenvalue weighted by molar-refractivity contribution is 5.86. The van der Waals surface area contributed by atoms with E-state index in [9.17, 15) is 9.90 Å². The van der Waals surface area contributed by atoms with Gasteiger partial charge in [-0.1, -0.05) is 13.8 Å². The topological polar surface area (TPSA) is 67.5 Å². The molecule has 0 saturated heterocycles. The van der Waals surface area contributed by atoms with Crippen LogP contribution in [0.25, 0.3) is 5.65 Å². The van der Waals surface area contributed by atoms with Gasteiger partial charge in [0.05, 0.1) is 6.20 Å². The number of aromatic nitrogens is 3. The van der Waals surface area contributed by atoms with Crippen LogP contribution < -0.4 is 0 Å². The van der Waals surface area contributed by atoms with Gasteiger partial charge in [-0.25, -0.2) is 9.50 Å². The van der Waals surface area contributed by atoms with Crippen LogP contribution in [0.1, 0.15) is 25.8 Å². The van der Waals surface area contributed by atoms with Crippen LogP contribution in [-0.2, 0) is 10.2 Å². The lowest BCUT2D eigenvalue weighted by atomic mass is 9.90. The molecular formula is C12H13N3O2. The Kier molecular flexibility index (Phi) is 1.72. The van der Waals surface area contributed by atoms with Crippen LogP contribution >= 0.6 is 0 Å². The summed E-state index contributed by atoms with van der Waals surface area (Å²) in [6, 6.07) is 1.79. The van der Waals surface area contributed by atoms with Crippen molar-refractivity contribution in [3.8, 4) is 0 Å². The first-order valence-electron chi connectivity index (χ1n) is 5.51. The Labute approximate surface area is 98.1 Å². The van der Waals surface area contributed by atoms with E-state index >= 15 is 0 Å². The minimum atomic E-state index is -0.805. The van der Waals surface area contributed by atoms with Crippen LogP contribution in [-0.4, -0.2) is 25.7 Å². The number of rotatable bonds is 2. The molecule has 0 amide bonds. The number of fused-ring (bicyclic) bond motifs is 1. The molecule has 2 aromatic rings. The Hall–Kier alpha value is -1.91. The van der Waals surface area contributed by atoms with Crippen LogP contribution in [0.5, 0.6) is 0 Å². The molecule has 3 rings (SSSR count). The number of aliphatic carboxylic acids is 1. The molecule has 1 aliphatic carbocycles. The van der Waals surface area contributed by atoms with Crippen molar-refractivity contribution in [2.45, 2.75) is 25.7 Å². The molecule has 2 aromatic heterocycles. The van der Waals surface area contributed by atoms with E-state index in [1.165, 1.54) is 0 Å². The lowest BCUT2D eigenvalue weighted by molar-refractivity contribution is -0.141. The van der Waals surface area contributed by atoms with E-state index in [-0.39, 0.29) is 5.41 Å². The van der Waals surface area contributed by atoms with Crippen molar-refractivity contribution in [3.05, 3.63) is 30.2 Å². The van der Waals surface area contributed by atoms with Crippen LogP contribution in [0, 0.1) is 5.41 Å². The number of carboxylic acid groups (broad SMARTS) is 1. The Balaban J connectivity index is 2.17. The third-order valence-electron chi connectivity index (χ3n) is 3.84. The predicted molar refractivity (Wildman–Crippen MR) is 60.7 cm³/mol. The van der Waals surface area contributed by atoms with Gasteiger partial charge in [-0.3, -0.25) is 4.79 Å². The average molecular weight is 231 g/mol. The van der Waals surface area contributed by atoms with E-state index in [0.717, 1.165) is 11.2 Å². The van der Waals surface area contributed by atoms with Crippen molar-refractivity contribution in [1.29, 1.82) is 0 Å². The Morgan fingerprint density at radius 1 is 1.53 bits per heavy atom. The Bertz CT molecular complexity index is 617. The van der Waals surface area contributed by atoms with Gasteiger partial charge in [0.1, 0.15) is 5.41 Å². The molecule has 0 aliphatic heterocycles. The summed E-state index contributed by atoms with van der Waals surface area (Å²) < 4.78 is 1.62. The summed E-state index contributed by atoms with van der Waals surface area (Å²) in [5.41, 5.74) is 0.431. The van der Waals surface area contributed by atoms with Crippen molar-refractivity contribution in [1.82, 2.24) is 14.6 Å². The molecule has 1 aliphatic rings. The van der Waals surface area contributed by atoms with Gasteiger partial charge >= 0.3 is 5.97 Å². The molecule has 1 fully saturated rings. The summed E-state index contributed by atoms with van der Waals surface area (Å²) in [4.78, 5) is 15.7. The van der Waals surface area contributed by atoms with Crippen molar-refractivity contribution in [3.63, 3.8) is 0 Å². The van der Waals surface area contributed by atoms with E-state index in [0.29, 0.717) is 6.42 Å². The van der Waals surface area contributed by atoms with Crippen molar-refractivity contribution >= 4 is 11.6 Å². The standard InChI is InChI=1S/C12H13N3O2/c1-11(2)7-12(11,10(16)17)8-5-13-9-3-4-14-15(9)6-8/h3-6H,7H2,1-2H3,(H,16,17). The minimum Gasteiger partial charge on any atom is -0.481 e. The molecule has 0 bridgehead atoms. The molecular weight excluding hydrogens is 218 g/mol. The Morgan fingerprint density at radius 3 is 2.82 bits per heavy atom. The maximum Gasteiger partial charge on any atom is 0.314 e. The zero-order chi connectivity index (χ0) is 12.3. The zero-order valence-electron chi connectivity index (χ0n) is 9.71. The molecule has 0 spiro atoms. The van der Waals surface area contributed by atoms with E-state index in [1.54, 1.807) is 29.2 Å². The number of carbonyl (C=O) groups is 1. The molecule has 1 N–H and O–H groups in total. The molecule has 5 heteroatoms. The molecule has 2 heterocycles. The second kappa shape index (κ2) is 2.85. The van der Waals surface area contributed by atoms with E-state index < -0.39 is 11.4 Å². The van der Waals surface area contributed by atoms with Crippen molar-refractivity contribution < 1.29 is 9.90 Å². The van der Waals surface area contributed by atoms with Gasteiger partial charge in [-0.2, -0.15) is 5.10 Å². The Morgan fingerprint density at radius 2 is 2.24 bits per heavy atom. The first-order valence-corrected chi connectivity index (χ1v) is 5.51. The largest absolute Gasteiger partial charge is 0.481 e. The number of nitrogens with zero attached hydrogens (tertiary/aromatic N) is 3. The molecule has 5 nitrogen and oxygen atoms in total. The second-order valence-corrected chi connectivity index (χ2v) is 5.25. The highest BCUT2D eigenvalue weighted by Crippen LogP contribution is 2.64. The highest BCUT2D eigenvalue weighted by atomic mass is 16.4. The SMILES string of the molecule is CC1(C)CC1(C(=O)O)c1cnc2ccnn2c1. The predicted octanol–water partition coefficient (Wildman–Crippen LogP) is 1.48. The molecule has 1 atom stereocenters. The van der Waals surface area contributed by atoms with E-state index in [4.69, 9.17) is 0 Å². The third-order valence-corrected chi connectivity index (χ3v) is 3.84. The van der Waals surface area contributed by atoms with Gasteiger partial charge in [0.2, 0.25) is 0 Å². The first kappa shape index (κ1) is 10.3. The minimum absolute atomic E-state index is 0.221. The second-order valence-electron chi connectivity index (χ2n) is 5.25. The van der Waals surface area contributed by atoms with Gasteiger partial charge in [0.25, 0.3) is 0 Å². The van der Waals surface area contributed by atoms with Crippen LogP contribution in [0.3, 0.4) is 0 Å². The number of hydrogen-bond donors (Lipinski definition) is 1. The summed E-state index contributed by atoms with van der Waals surface area (Å²) in [5, 5.41) is 13.5. The van der Waals surface area contributed by atoms with Gasteiger partial charge in [0.15, 0.2) is 5.65 Å². The molecule has 17 heavy (non-hydrogen) atoms. The smallest absolute Gasteiger partial charge is 0.314 e. The van der Waals surface area contributed by atoms with Gasteiger partial charge in [-0.15, -0.1) is 0 Å². The van der Waals surface area contributed by atoms with Crippen molar-refractivity contribution in [2.24, 2.45) is 5.41 Å². The third kappa shape index (κ3) is 1.16. The maximum atomic E-state index is 11.5. The fourth-order valence-corrected chi connectivity index (χ4v) is 2.63. The highest BCUT2D eigenvalue weighted by Gasteiger charge is 2.68. The molecule has 1 unspecified atom stereocenters. The fraction of sp³-hybridized carbons (Fsp3) is 0.417. The summed E-state index contributed by atoms with van der Waals surface area (Å²) >= 11 is 0. The summed E-state index contributed by atoms with van der Waals surface area (Å²) in [6.07, 6.45) is 5.71. The van der Waals surface area contributed by atoms with E-state index in [1.807, 2.05) is 13.8 Å². The normalized spacial score (nSPS) is 26.0. The maximum absolute atomic E-state index is 11.5. The van der Waals surface area contributed by atoms with Gasteiger partial charge < -0.3 is 5.11 Å². The monoisotopic (exact) mass is 231 g/mol. The summed E-state index contributed by atoms with van der Waals surface area (Å²) in [6.45, 7) is 3.93. The average Bonchev–Trinajstić information content (AvgIpc) is 2.67. The summed E-state index contributed by atoms with van der Waals surface area (Å²) in [7, 11) is 0. The summed E-state index contributed by atoms with van der Waals surface area (Å²) in [5.74, 6) is -0.782. The van der Waals surface area contributed by atoms with E-state index in [2.05, 4.69) is 10.1 Å². The van der Waals surface area contributed by atoms with Crippen LogP contribution in [0.4, 0.5) is 0 Å². The first-order chi connectivity index (χ1) is 7.97. The van der Waals surface area contributed by atoms with Crippen molar-refractivity contribution in [2.75, 3.05) is 0 Å². The van der Waals surface area contributed by atoms with Gasteiger partial charge in [-0.05, 0) is 11.8 Å². The molecule has 0 aromatic carbocycles. The quantitative estimate of drug-likeness (QED) is 0.850. The van der Waals surface area contributed by atoms with Gasteiger partial charge in [0, 0.05) is 24.0 Å². The fourth-order valence-electron chi connectivity index (χ4n) is 2.63. The molecule has 88 valence electrons. The number of hydrogen-bond acceptors (Lipinski definition) is 3. The lowest BCUT2D eigenvalue weighted by Gasteiger charge is -2.15. The number of carboxylic acids is 1. The molecule has 0 radical (unpaired) electrons.